The van der Waals surface area contributed by atoms with Crippen LogP contribution in [-0.4, -0.2) is 43.2 Å². The highest BCUT2D eigenvalue weighted by Gasteiger charge is 2.23. The molecule has 0 spiro atoms. The predicted octanol–water partition coefficient (Wildman–Crippen LogP) is 2.73. The van der Waals surface area contributed by atoms with Crippen molar-refractivity contribution in [2.45, 2.75) is 45.3 Å². The number of benzene rings is 1. The molecule has 1 saturated heterocycles. The molecule has 2 heterocycles. The highest BCUT2D eigenvalue weighted by molar-refractivity contribution is 7.11. The van der Waals surface area contributed by atoms with Gasteiger partial charge in [0.2, 0.25) is 0 Å². The predicted molar refractivity (Wildman–Crippen MR) is 117 cm³/mol. The SMILES string of the molecule is CCc1cnc(CCNC(=NC)NCc2cccc(NC(=O)C3CCCO3)c2)s1. The van der Waals surface area contributed by atoms with Gasteiger partial charge in [0.15, 0.2) is 5.96 Å². The Balaban J connectivity index is 1.44. The Morgan fingerprint density at radius 2 is 2.28 bits per heavy atom. The van der Waals surface area contributed by atoms with Crippen LogP contribution >= 0.6 is 11.3 Å². The number of thiazole rings is 1. The average molecular weight is 416 g/mol. The van der Waals surface area contributed by atoms with Gasteiger partial charge in [0.05, 0.1) is 5.01 Å². The first-order chi connectivity index (χ1) is 14.2. The summed E-state index contributed by atoms with van der Waals surface area (Å²) < 4.78 is 5.44. The maximum atomic E-state index is 12.2. The first-order valence-electron chi connectivity index (χ1n) is 10.1. The fourth-order valence-corrected chi connectivity index (χ4v) is 3.95. The molecule has 0 bridgehead atoms. The number of aryl methyl sites for hydroxylation is 1. The summed E-state index contributed by atoms with van der Waals surface area (Å²) >= 11 is 1.76. The molecule has 8 heteroatoms. The molecule has 7 nitrogen and oxygen atoms in total. The van der Waals surface area contributed by atoms with Crippen molar-refractivity contribution in [2.75, 3.05) is 25.5 Å². The summed E-state index contributed by atoms with van der Waals surface area (Å²) in [5, 5.41) is 10.7. The second-order valence-electron chi connectivity index (χ2n) is 6.87. The molecule has 1 amide bonds. The minimum absolute atomic E-state index is 0.0708. The van der Waals surface area contributed by atoms with E-state index in [1.807, 2.05) is 30.5 Å². The maximum absolute atomic E-state index is 12.2. The smallest absolute Gasteiger partial charge is 0.253 e. The van der Waals surface area contributed by atoms with Crippen LogP contribution in [0.15, 0.2) is 35.5 Å². The van der Waals surface area contributed by atoms with Crippen LogP contribution in [0.4, 0.5) is 5.69 Å². The van der Waals surface area contributed by atoms with Gasteiger partial charge in [-0.05, 0) is 37.0 Å². The van der Waals surface area contributed by atoms with Crippen molar-refractivity contribution in [1.29, 1.82) is 0 Å². The Kier molecular flexibility index (Phi) is 8.01. The molecule has 29 heavy (non-hydrogen) atoms. The van der Waals surface area contributed by atoms with Crippen LogP contribution in [0, 0.1) is 0 Å². The summed E-state index contributed by atoms with van der Waals surface area (Å²) in [7, 11) is 1.76. The number of hydrogen-bond acceptors (Lipinski definition) is 5. The number of guanidine groups is 1. The van der Waals surface area contributed by atoms with Gasteiger partial charge in [-0.15, -0.1) is 11.3 Å². The van der Waals surface area contributed by atoms with E-state index in [1.54, 1.807) is 18.4 Å². The number of ether oxygens (including phenoxy) is 1. The third kappa shape index (κ3) is 6.54. The molecular formula is C21H29N5O2S. The van der Waals surface area contributed by atoms with E-state index >= 15 is 0 Å². The number of aromatic nitrogens is 1. The van der Waals surface area contributed by atoms with Crippen molar-refractivity contribution < 1.29 is 9.53 Å². The second-order valence-corrected chi connectivity index (χ2v) is 8.07. The fraction of sp³-hybridized carbons (Fsp3) is 0.476. The molecule has 1 unspecified atom stereocenters. The highest BCUT2D eigenvalue weighted by Crippen LogP contribution is 2.16. The van der Waals surface area contributed by atoms with E-state index in [9.17, 15) is 4.79 Å². The van der Waals surface area contributed by atoms with Crippen LogP contribution in [0.3, 0.4) is 0 Å². The summed E-state index contributed by atoms with van der Waals surface area (Å²) in [6.07, 6.45) is 5.26. The van der Waals surface area contributed by atoms with E-state index < -0.39 is 0 Å². The van der Waals surface area contributed by atoms with Gasteiger partial charge >= 0.3 is 0 Å². The molecule has 1 aliphatic heterocycles. The molecule has 1 atom stereocenters. The number of anilines is 1. The molecule has 156 valence electrons. The molecule has 3 N–H and O–H groups in total. The average Bonchev–Trinajstić information content (AvgIpc) is 3.43. The zero-order valence-corrected chi connectivity index (χ0v) is 17.8. The first kappa shape index (κ1) is 21.3. The summed E-state index contributed by atoms with van der Waals surface area (Å²) in [4.78, 5) is 22.2. The van der Waals surface area contributed by atoms with Crippen LogP contribution in [0.25, 0.3) is 0 Å². The second kappa shape index (κ2) is 10.9. The van der Waals surface area contributed by atoms with Crippen molar-refractivity contribution in [3.63, 3.8) is 0 Å². The third-order valence-corrected chi connectivity index (χ3v) is 5.88. The van der Waals surface area contributed by atoms with Crippen molar-refractivity contribution >= 4 is 28.9 Å². The summed E-state index contributed by atoms with van der Waals surface area (Å²) in [6.45, 7) is 4.19. The van der Waals surface area contributed by atoms with E-state index in [4.69, 9.17) is 4.74 Å². The number of nitrogens with zero attached hydrogens (tertiary/aromatic N) is 2. The lowest BCUT2D eigenvalue weighted by Crippen LogP contribution is -2.37. The number of carbonyl (C=O) groups excluding carboxylic acids is 1. The van der Waals surface area contributed by atoms with E-state index in [1.165, 1.54) is 4.88 Å². The van der Waals surface area contributed by atoms with Crippen molar-refractivity contribution in [3.05, 3.63) is 45.9 Å². The summed E-state index contributed by atoms with van der Waals surface area (Å²) in [6, 6.07) is 7.81. The van der Waals surface area contributed by atoms with Crippen molar-refractivity contribution in [3.8, 4) is 0 Å². The van der Waals surface area contributed by atoms with Crippen molar-refractivity contribution in [2.24, 2.45) is 4.99 Å². The lowest BCUT2D eigenvalue weighted by Gasteiger charge is -2.13. The number of carbonyl (C=O) groups is 1. The van der Waals surface area contributed by atoms with E-state index in [2.05, 4.69) is 32.9 Å². The monoisotopic (exact) mass is 415 g/mol. The molecule has 1 aromatic carbocycles. The fourth-order valence-electron chi connectivity index (χ4n) is 3.09. The molecular weight excluding hydrogens is 386 g/mol. The minimum Gasteiger partial charge on any atom is -0.368 e. The standard InChI is InChI=1S/C21H29N5O2S/c1-3-17-14-24-19(29-17)9-10-23-21(22-2)25-13-15-6-4-7-16(12-15)26-20(27)18-8-5-11-28-18/h4,6-7,12,14,18H,3,5,8-11,13H2,1-2H3,(H,26,27)(H2,22,23,25). The molecule has 2 aromatic rings. The molecule has 1 fully saturated rings. The van der Waals surface area contributed by atoms with Gasteiger partial charge < -0.3 is 20.7 Å². The van der Waals surface area contributed by atoms with E-state index in [0.29, 0.717) is 13.2 Å². The quantitative estimate of drug-likeness (QED) is 0.456. The van der Waals surface area contributed by atoms with E-state index in [0.717, 1.165) is 54.4 Å². The summed E-state index contributed by atoms with van der Waals surface area (Å²) in [5.74, 6) is 0.671. The summed E-state index contributed by atoms with van der Waals surface area (Å²) in [5.41, 5.74) is 1.84. The van der Waals surface area contributed by atoms with Gasteiger partial charge in [-0.1, -0.05) is 19.1 Å². The number of nitrogens with one attached hydrogen (secondary N) is 3. The van der Waals surface area contributed by atoms with Crippen LogP contribution in [0.2, 0.25) is 0 Å². The minimum atomic E-state index is -0.328. The Hall–Kier alpha value is -2.45. The Morgan fingerprint density at radius 1 is 1.38 bits per heavy atom. The molecule has 1 aliphatic rings. The molecule has 1 aromatic heterocycles. The Labute approximate surface area is 176 Å². The van der Waals surface area contributed by atoms with Crippen LogP contribution in [-0.2, 0) is 28.9 Å². The topological polar surface area (TPSA) is 87.6 Å². The van der Waals surface area contributed by atoms with Gasteiger partial charge in [0.25, 0.3) is 5.91 Å². The number of aliphatic imine (C=N–C) groups is 1. The zero-order chi connectivity index (χ0) is 20.5. The Bertz CT molecular complexity index is 830. The number of amides is 1. The highest BCUT2D eigenvalue weighted by atomic mass is 32.1. The van der Waals surface area contributed by atoms with Gasteiger partial charge in [-0.3, -0.25) is 9.79 Å². The number of rotatable bonds is 8. The van der Waals surface area contributed by atoms with E-state index in [-0.39, 0.29) is 12.0 Å². The normalized spacial score (nSPS) is 16.6. The Morgan fingerprint density at radius 3 is 3.00 bits per heavy atom. The van der Waals surface area contributed by atoms with Gasteiger partial charge in [0.1, 0.15) is 6.10 Å². The molecule has 0 aliphatic carbocycles. The van der Waals surface area contributed by atoms with Crippen LogP contribution in [0.1, 0.15) is 35.2 Å². The molecule has 3 rings (SSSR count). The lowest BCUT2D eigenvalue weighted by molar-refractivity contribution is -0.124. The maximum Gasteiger partial charge on any atom is 0.253 e. The van der Waals surface area contributed by atoms with Gasteiger partial charge in [-0.2, -0.15) is 0 Å². The van der Waals surface area contributed by atoms with Gasteiger partial charge in [0, 0.05) is 49.9 Å². The third-order valence-electron chi connectivity index (χ3n) is 4.68. The molecule has 0 radical (unpaired) electrons. The van der Waals surface area contributed by atoms with Gasteiger partial charge in [-0.25, -0.2) is 4.98 Å². The largest absolute Gasteiger partial charge is 0.368 e. The number of hydrogen-bond donors (Lipinski definition) is 3. The molecule has 0 saturated carbocycles. The van der Waals surface area contributed by atoms with Crippen molar-refractivity contribution in [1.82, 2.24) is 15.6 Å². The lowest BCUT2D eigenvalue weighted by atomic mass is 10.2. The first-order valence-corrected chi connectivity index (χ1v) is 10.9. The zero-order valence-electron chi connectivity index (χ0n) is 17.0. The van der Waals surface area contributed by atoms with Crippen LogP contribution < -0.4 is 16.0 Å². The van der Waals surface area contributed by atoms with Crippen LogP contribution in [0.5, 0.6) is 0 Å².